The standard InChI is InChI=1S/C17H14ClIN2O2S/c1-21(9-11-4-3-7-24-11)15(22)10-23-17-14(19)8-13(18)12-5-2-6-20-16(12)17/h2-8H,9-10H2,1H3. The van der Waals surface area contributed by atoms with Crippen molar-refractivity contribution in [3.8, 4) is 5.75 Å². The van der Waals surface area contributed by atoms with Crippen molar-refractivity contribution >= 4 is 62.3 Å². The summed E-state index contributed by atoms with van der Waals surface area (Å²) in [5.41, 5.74) is 0.670. The molecule has 7 heteroatoms. The first-order valence-electron chi connectivity index (χ1n) is 7.18. The van der Waals surface area contributed by atoms with Crippen LogP contribution in [0.5, 0.6) is 5.75 Å². The average molecular weight is 473 g/mol. The molecular formula is C17H14ClIN2O2S. The lowest BCUT2D eigenvalue weighted by atomic mass is 10.2. The van der Waals surface area contributed by atoms with E-state index in [0.717, 1.165) is 13.8 Å². The van der Waals surface area contributed by atoms with E-state index in [4.69, 9.17) is 16.3 Å². The van der Waals surface area contributed by atoms with Gasteiger partial charge in [0.25, 0.3) is 5.91 Å². The maximum Gasteiger partial charge on any atom is 0.260 e. The van der Waals surface area contributed by atoms with E-state index in [1.807, 2.05) is 35.7 Å². The van der Waals surface area contributed by atoms with Gasteiger partial charge in [-0.3, -0.25) is 9.78 Å². The topological polar surface area (TPSA) is 42.4 Å². The zero-order chi connectivity index (χ0) is 17.1. The van der Waals surface area contributed by atoms with Gasteiger partial charge in [0.2, 0.25) is 0 Å². The Balaban J connectivity index is 1.74. The zero-order valence-corrected chi connectivity index (χ0v) is 16.6. The van der Waals surface area contributed by atoms with Gasteiger partial charge in [-0.05, 0) is 52.2 Å². The molecule has 124 valence electrons. The van der Waals surface area contributed by atoms with E-state index in [2.05, 4.69) is 27.6 Å². The molecule has 0 aliphatic heterocycles. The lowest BCUT2D eigenvalue weighted by Gasteiger charge is -2.17. The molecule has 2 aromatic heterocycles. The summed E-state index contributed by atoms with van der Waals surface area (Å²) in [6.45, 7) is 0.543. The van der Waals surface area contributed by atoms with Crippen molar-refractivity contribution in [1.29, 1.82) is 0 Å². The van der Waals surface area contributed by atoms with Crippen LogP contribution in [-0.2, 0) is 11.3 Å². The highest BCUT2D eigenvalue weighted by molar-refractivity contribution is 14.1. The number of rotatable bonds is 5. The minimum Gasteiger partial charge on any atom is -0.480 e. The summed E-state index contributed by atoms with van der Waals surface area (Å²) < 4.78 is 6.62. The lowest BCUT2D eigenvalue weighted by Crippen LogP contribution is -2.30. The summed E-state index contributed by atoms with van der Waals surface area (Å²) in [6.07, 6.45) is 1.69. The molecule has 0 aliphatic rings. The molecule has 0 aliphatic carbocycles. The summed E-state index contributed by atoms with van der Waals surface area (Å²) in [6, 6.07) is 9.52. The monoisotopic (exact) mass is 472 g/mol. The van der Waals surface area contributed by atoms with Crippen LogP contribution < -0.4 is 4.74 Å². The smallest absolute Gasteiger partial charge is 0.260 e. The predicted molar refractivity (Wildman–Crippen MR) is 106 cm³/mol. The van der Waals surface area contributed by atoms with E-state index in [-0.39, 0.29) is 12.5 Å². The molecule has 0 saturated carbocycles. The first-order chi connectivity index (χ1) is 11.6. The van der Waals surface area contributed by atoms with E-state index < -0.39 is 0 Å². The second kappa shape index (κ2) is 7.67. The molecule has 1 aromatic carbocycles. The Morgan fingerprint density at radius 2 is 2.25 bits per heavy atom. The third-order valence-corrected chi connectivity index (χ3v) is 5.46. The Bertz CT molecular complexity index is 870. The van der Waals surface area contributed by atoms with Crippen LogP contribution in [0.15, 0.2) is 41.9 Å². The Labute approximate surface area is 162 Å². The van der Waals surface area contributed by atoms with E-state index in [1.54, 1.807) is 29.5 Å². The molecule has 0 fully saturated rings. The first-order valence-corrected chi connectivity index (χ1v) is 9.52. The van der Waals surface area contributed by atoms with Crippen LogP contribution in [0.25, 0.3) is 10.9 Å². The summed E-state index contributed by atoms with van der Waals surface area (Å²) in [5, 5.41) is 3.43. The largest absolute Gasteiger partial charge is 0.480 e. The van der Waals surface area contributed by atoms with E-state index in [9.17, 15) is 4.79 Å². The van der Waals surface area contributed by atoms with Gasteiger partial charge in [-0.1, -0.05) is 17.7 Å². The SMILES string of the molecule is CN(Cc1cccs1)C(=O)COc1c(I)cc(Cl)c2cccnc12. The number of thiophene rings is 1. The fourth-order valence-electron chi connectivity index (χ4n) is 2.25. The molecule has 4 nitrogen and oxygen atoms in total. The maximum atomic E-state index is 12.3. The minimum absolute atomic E-state index is 0.0365. The molecule has 3 aromatic rings. The van der Waals surface area contributed by atoms with Gasteiger partial charge in [0.05, 0.1) is 15.1 Å². The zero-order valence-electron chi connectivity index (χ0n) is 12.8. The van der Waals surface area contributed by atoms with Crippen LogP contribution in [0.4, 0.5) is 0 Å². The first kappa shape index (κ1) is 17.4. The summed E-state index contributed by atoms with van der Waals surface area (Å²) in [7, 11) is 1.77. The molecule has 0 saturated heterocycles. The van der Waals surface area contributed by atoms with Crippen LogP contribution in [-0.4, -0.2) is 29.4 Å². The molecule has 3 rings (SSSR count). The highest BCUT2D eigenvalue weighted by Crippen LogP contribution is 2.34. The van der Waals surface area contributed by atoms with Crippen molar-refractivity contribution in [2.75, 3.05) is 13.7 Å². The number of pyridine rings is 1. The molecule has 0 atom stereocenters. The third kappa shape index (κ3) is 3.81. The normalized spacial score (nSPS) is 10.8. The van der Waals surface area contributed by atoms with Crippen LogP contribution in [0.1, 0.15) is 4.88 Å². The number of benzene rings is 1. The molecule has 2 heterocycles. The number of likely N-dealkylation sites (N-methyl/N-ethyl adjacent to an activating group) is 1. The van der Waals surface area contributed by atoms with Gasteiger partial charge < -0.3 is 9.64 Å². The number of amides is 1. The summed E-state index contributed by atoms with van der Waals surface area (Å²) in [5.74, 6) is 0.506. The van der Waals surface area contributed by atoms with Crippen molar-refractivity contribution in [1.82, 2.24) is 9.88 Å². The van der Waals surface area contributed by atoms with Crippen molar-refractivity contribution in [2.45, 2.75) is 6.54 Å². The van der Waals surface area contributed by atoms with Crippen LogP contribution in [0.3, 0.4) is 0 Å². The number of halogens is 2. The number of ether oxygens (including phenoxy) is 1. The Morgan fingerprint density at radius 3 is 3.00 bits per heavy atom. The van der Waals surface area contributed by atoms with Crippen LogP contribution in [0.2, 0.25) is 5.02 Å². The minimum atomic E-state index is -0.0850. The number of hydrogen-bond acceptors (Lipinski definition) is 4. The van der Waals surface area contributed by atoms with Crippen molar-refractivity contribution < 1.29 is 9.53 Å². The average Bonchev–Trinajstić information content (AvgIpc) is 3.07. The van der Waals surface area contributed by atoms with Crippen molar-refractivity contribution in [3.63, 3.8) is 0 Å². The van der Waals surface area contributed by atoms with E-state index in [0.29, 0.717) is 22.8 Å². The molecule has 0 bridgehead atoms. The molecule has 0 radical (unpaired) electrons. The Hall–Kier alpha value is -1.38. The van der Waals surface area contributed by atoms with Gasteiger partial charge in [-0.2, -0.15) is 0 Å². The lowest BCUT2D eigenvalue weighted by molar-refractivity contribution is -0.132. The number of nitrogens with zero attached hydrogens (tertiary/aromatic N) is 2. The van der Waals surface area contributed by atoms with Crippen LogP contribution >= 0.6 is 45.5 Å². The Morgan fingerprint density at radius 1 is 1.42 bits per heavy atom. The molecule has 0 N–H and O–H groups in total. The fourth-order valence-corrected chi connectivity index (χ4v) is 4.18. The summed E-state index contributed by atoms with van der Waals surface area (Å²) >= 11 is 10.0. The van der Waals surface area contributed by atoms with Gasteiger partial charge in [0.1, 0.15) is 5.52 Å². The number of fused-ring (bicyclic) bond motifs is 1. The van der Waals surface area contributed by atoms with Gasteiger partial charge in [-0.15, -0.1) is 11.3 Å². The number of carbonyl (C=O) groups excluding carboxylic acids is 1. The van der Waals surface area contributed by atoms with E-state index in [1.165, 1.54) is 0 Å². The van der Waals surface area contributed by atoms with Gasteiger partial charge in [-0.25, -0.2) is 0 Å². The van der Waals surface area contributed by atoms with Gasteiger partial charge >= 0.3 is 0 Å². The number of hydrogen-bond donors (Lipinski definition) is 0. The molecule has 0 unspecified atom stereocenters. The predicted octanol–water partition coefficient (Wildman–Crippen LogP) is 4.59. The van der Waals surface area contributed by atoms with Crippen molar-refractivity contribution in [2.24, 2.45) is 0 Å². The fraction of sp³-hybridized carbons (Fsp3) is 0.176. The molecular weight excluding hydrogens is 459 g/mol. The molecule has 1 amide bonds. The second-order valence-corrected chi connectivity index (χ2v) is 7.79. The summed E-state index contributed by atoms with van der Waals surface area (Å²) in [4.78, 5) is 19.5. The molecule has 0 spiro atoms. The number of carbonyl (C=O) groups is 1. The van der Waals surface area contributed by atoms with Crippen molar-refractivity contribution in [3.05, 3.63) is 55.4 Å². The maximum absolute atomic E-state index is 12.3. The van der Waals surface area contributed by atoms with Crippen LogP contribution in [0, 0.1) is 3.57 Å². The highest BCUT2D eigenvalue weighted by atomic mass is 127. The van der Waals surface area contributed by atoms with E-state index >= 15 is 0 Å². The van der Waals surface area contributed by atoms with Gasteiger partial charge in [0, 0.05) is 23.5 Å². The Kier molecular flexibility index (Phi) is 5.57. The quantitative estimate of drug-likeness (QED) is 0.510. The molecule has 24 heavy (non-hydrogen) atoms. The second-order valence-electron chi connectivity index (χ2n) is 5.19. The highest BCUT2D eigenvalue weighted by Gasteiger charge is 2.15. The third-order valence-electron chi connectivity index (χ3n) is 3.49. The van der Waals surface area contributed by atoms with Gasteiger partial charge in [0.15, 0.2) is 12.4 Å². The number of aromatic nitrogens is 1.